The van der Waals surface area contributed by atoms with Crippen molar-refractivity contribution in [3.8, 4) is 0 Å². The van der Waals surface area contributed by atoms with Crippen LogP contribution < -0.4 is 5.73 Å². The first-order chi connectivity index (χ1) is 10.2. The molecule has 0 aliphatic carbocycles. The molecule has 21 heavy (non-hydrogen) atoms. The van der Waals surface area contributed by atoms with Crippen LogP contribution >= 0.6 is 0 Å². The van der Waals surface area contributed by atoms with Gasteiger partial charge in [0.2, 0.25) is 5.91 Å². The number of rotatable bonds is 10. The first-order valence-corrected chi connectivity index (χ1v) is 8.29. The lowest BCUT2D eigenvalue weighted by atomic mass is 10.1. The van der Waals surface area contributed by atoms with Gasteiger partial charge in [0.1, 0.15) is 0 Å². The number of carbonyl (C=O) groups is 1. The fourth-order valence-corrected chi connectivity index (χ4v) is 2.50. The lowest BCUT2D eigenvalue weighted by Crippen LogP contribution is -2.30. The highest BCUT2D eigenvalue weighted by atomic mass is 16.2. The Balaban J connectivity index is 2.32. The molecule has 1 amide bonds. The third kappa shape index (κ3) is 7.16. The van der Waals surface area contributed by atoms with E-state index >= 15 is 0 Å². The van der Waals surface area contributed by atoms with Crippen molar-refractivity contribution in [2.24, 2.45) is 0 Å². The molecule has 0 radical (unpaired) electrons. The zero-order valence-electron chi connectivity index (χ0n) is 13.6. The monoisotopic (exact) mass is 290 g/mol. The Labute approximate surface area is 129 Å². The highest BCUT2D eigenvalue weighted by Crippen LogP contribution is 2.12. The number of nitrogen functional groups attached to an aromatic ring is 1. The SMILES string of the molecule is CCCCCCCCC(=O)N(CC)Cc1cccc(N)c1. The molecule has 0 fully saturated rings. The molecule has 0 saturated carbocycles. The molecular formula is C18H30N2O. The summed E-state index contributed by atoms with van der Waals surface area (Å²) >= 11 is 0. The number of benzene rings is 1. The van der Waals surface area contributed by atoms with E-state index in [1.807, 2.05) is 36.1 Å². The summed E-state index contributed by atoms with van der Waals surface area (Å²) in [6.45, 7) is 5.67. The first kappa shape index (κ1) is 17.5. The number of hydrogen-bond donors (Lipinski definition) is 1. The average molecular weight is 290 g/mol. The summed E-state index contributed by atoms with van der Waals surface area (Å²) in [5, 5.41) is 0. The molecule has 1 aromatic rings. The number of carbonyl (C=O) groups excluding carboxylic acids is 1. The number of anilines is 1. The normalized spacial score (nSPS) is 10.6. The van der Waals surface area contributed by atoms with Crippen LogP contribution in [0.3, 0.4) is 0 Å². The molecule has 3 heteroatoms. The van der Waals surface area contributed by atoms with E-state index in [9.17, 15) is 4.79 Å². The number of nitrogens with two attached hydrogens (primary N) is 1. The summed E-state index contributed by atoms with van der Waals surface area (Å²) in [4.78, 5) is 14.2. The molecule has 1 rings (SSSR count). The van der Waals surface area contributed by atoms with Crippen LogP contribution in [0.25, 0.3) is 0 Å². The molecule has 3 nitrogen and oxygen atoms in total. The van der Waals surface area contributed by atoms with Gasteiger partial charge in [-0.1, -0.05) is 51.2 Å². The fourth-order valence-electron chi connectivity index (χ4n) is 2.50. The minimum atomic E-state index is 0.260. The van der Waals surface area contributed by atoms with Gasteiger partial charge in [0, 0.05) is 25.2 Å². The molecule has 2 N–H and O–H groups in total. The van der Waals surface area contributed by atoms with E-state index in [-0.39, 0.29) is 5.91 Å². The third-order valence-corrected chi connectivity index (χ3v) is 3.80. The van der Waals surface area contributed by atoms with Crippen LogP contribution in [0.15, 0.2) is 24.3 Å². The minimum Gasteiger partial charge on any atom is -0.399 e. The molecule has 118 valence electrons. The Morgan fingerprint density at radius 3 is 2.48 bits per heavy atom. The predicted octanol–water partition coefficient (Wildman–Crippen LogP) is 4.37. The lowest BCUT2D eigenvalue weighted by molar-refractivity contribution is -0.131. The number of hydrogen-bond acceptors (Lipinski definition) is 2. The van der Waals surface area contributed by atoms with Crippen LogP contribution in [0.5, 0.6) is 0 Å². The van der Waals surface area contributed by atoms with Crippen LogP contribution in [0, 0.1) is 0 Å². The Morgan fingerprint density at radius 2 is 1.81 bits per heavy atom. The first-order valence-electron chi connectivity index (χ1n) is 8.29. The summed E-state index contributed by atoms with van der Waals surface area (Å²) in [7, 11) is 0. The van der Waals surface area contributed by atoms with Crippen molar-refractivity contribution in [3.05, 3.63) is 29.8 Å². The fraction of sp³-hybridized carbons (Fsp3) is 0.611. The van der Waals surface area contributed by atoms with Crippen molar-refractivity contribution in [2.75, 3.05) is 12.3 Å². The van der Waals surface area contributed by atoms with E-state index in [0.717, 1.165) is 24.2 Å². The molecule has 1 aromatic carbocycles. The molecule has 0 spiro atoms. The number of amides is 1. The standard InChI is InChI=1S/C18H30N2O/c1-3-5-6-7-8-9-13-18(21)20(4-2)15-16-11-10-12-17(19)14-16/h10-12,14H,3-9,13,15,19H2,1-2H3. The Morgan fingerprint density at radius 1 is 1.10 bits per heavy atom. The minimum absolute atomic E-state index is 0.260. The Kier molecular flexibility index (Phi) is 8.56. The van der Waals surface area contributed by atoms with Gasteiger partial charge in [0.05, 0.1) is 0 Å². The summed E-state index contributed by atoms with van der Waals surface area (Å²) in [6.07, 6.45) is 7.97. The average Bonchev–Trinajstić information content (AvgIpc) is 2.48. The second-order valence-corrected chi connectivity index (χ2v) is 5.67. The van der Waals surface area contributed by atoms with Gasteiger partial charge in [0.25, 0.3) is 0 Å². The maximum Gasteiger partial charge on any atom is 0.222 e. The molecule has 0 saturated heterocycles. The Hall–Kier alpha value is -1.51. The molecule has 0 aromatic heterocycles. The predicted molar refractivity (Wildman–Crippen MR) is 89.9 cm³/mol. The van der Waals surface area contributed by atoms with Gasteiger partial charge in [-0.15, -0.1) is 0 Å². The summed E-state index contributed by atoms with van der Waals surface area (Å²) in [6, 6.07) is 7.78. The van der Waals surface area contributed by atoms with E-state index in [4.69, 9.17) is 5.73 Å². The summed E-state index contributed by atoms with van der Waals surface area (Å²) in [5.41, 5.74) is 7.65. The smallest absolute Gasteiger partial charge is 0.222 e. The maximum absolute atomic E-state index is 12.2. The van der Waals surface area contributed by atoms with Gasteiger partial charge >= 0.3 is 0 Å². The van der Waals surface area contributed by atoms with Crippen molar-refractivity contribution in [2.45, 2.75) is 65.3 Å². The second kappa shape index (κ2) is 10.3. The molecule has 0 heterocycles. The highest BCUT2D eigenvalue weighted by Gasteiger charge is 2.11. The highest BCUT2D eigenvalue weighted by molar-refractivity contribution is 5.76. The molecule has 0 unspecified atom stereocenters. The van der Waals surface area contributed by atoms with E-state index < -0.39 is 0 Å². The topological polar surface area (TPSA) is 46.3 Å². The van der Waals surface area contributed by atoms with Gasteiger partial charge in [-0.25, -0.2) is 0 Å². The summed E-state index contributed by atoms with van der Waals surface area (Å²) < 4.78 is 0. The summed E-state index contributed by atoms with van der Waals surface area (Å²) in [5.74, 6) is 0.260. The van der Waals surface area contributed by atoms with Crippen molar-refractivity contribution in [3.63, 3.8) is 0 Å². The lowest BCUT2D eigenvalue weighted by Gasteiger charge is -2.21. The van der Waals surface area contributed by atoms with Crippen LogP contribution in [-0.2, 0) is 11.3 Å². The second-order valence-electron chi connectivity index (χ2n) is 5.67. The zero-order valence-corrected chi connectivity index (χ0v) is 13.6. The van der Waals surface area contributed by atoms with Crippen molar-refractivity contribution in [1.29, 1.82) is 0 Å². The number of unbranched alkanes of at least 4 members (excludes halogenated alkanes) is 5. The van der Waals surface area contributed by atoms with Crippen molar-refractivity contribution >= 4 is 11.6 Å². The van der Waals surface area contributed by atoms with Gasteiger partial charge in [-0.05, 0) is 31.0 Å². The van der Waals surface area contributed by atoms with Gasteiger partial charge in [-0.3, -0.25) is 4.79 Å². The van der Waals surface area contributed by atoms with E-state index in [1.165, 1.54) is 32.1 Å². The van der Waals surface area contributed by atoms with E-state index in [2.05, 4.69) is 6.92 Å². The molecule has 0 aliphatic rings. The van der Waals surface area contributed by atoms with Gasteiger partial charge in [-0.2, -0.15) is 0 Å². The largest absolute Gasteiger partial charge is 0.399 e. The molecule has 0 atom stereocenters. The maximum atomic E-state index is 12.2. The van der Waals surface area contributed by atoms with Crippen molar-refractivity contribution < 1.29 is 4.79 Å². The van der Waals surface area contributed by atoms with Crippen LogP contribution in [0.4, 0.5) is 5.69 Å². The van der Waals surface area contributed by atoms with Crippen LogP contribution in [0.2, 0.25) is 0 Å². The molecular weight excluding hydrogens is 260 g/mol. The van der Waals surface area contributed by atoms with Crippen LogP contribution in [0.1, 0.15) is 64.4 Å². The third-order valence-electron chi connectivity index (χ3n) is 3.80. The van der Waals surface area contributed by atoms with Crippen LogP contribution in [-0.4, -0.2) is 17.4 Å². The zero-order chi connectivity index (χ0) is 15.5. The Bertz CT molecular complexity index is 417. The van der Waals surface area contributed by atoms with Gasteiger partial charge in [0.15, 0.2) is 0 Å². The van der Waals surface area contributed by atoms with E-state index in [1.54, 1.807) is 0 Å². The number of nitrogens with zero attached hydrogens (tertiary/aromatic N) is 1. The van der Waals surface area contributed by atoms with E-state index in [0.29, 0.717) is 13.0 Å². The van der Waals surface area contributed by atoms with Crippen molar-refractivity contribution in [1.82, 2.24) is 4.90 Å². The molecule has 0 bridgehead atoms. The van der Waals surface area contributed by atoms with Gasteiger partial charge < -0.3 is 10.6 Å². The molecule has 0 aliphatic heterocycles. The quantitative estimate of drug-likeness (QED) is 0.514.